The summed E-state index contributed by atoms with van der Waals surface area (Å²) in [5.41, 5.74) is 0.245. The van der Waals surface area contributed by atoms with E-state index in [-0.39, 0.29) is 95.4 Å². The Bertz CT molecular complexity index is 4720. The summed E-state index contributed by atoms with van der Waals surface area (Å²) in [6.07, 6.45) is -1.52. The van der Waals surface area contributed by atoms with Gasteiger partial charge in [0.25, 0.3) is 8.53 Å². The van der Waals surface area contributed by atoms with Crippen LogP contribution in [0.5, 0.6) is 28.7 Å². The molecule has 5 aromatic carbocycles. The van der Waals surface area contributed by atoms with Gasteiger partial charge in [0.1, 0.15) is 108 Å². The first-order valence-electron chi connectivity index (χ1n) is 36.0. The van der Waals surface area contributed by atoms with Crippen LogP contribution < -0.4 is 47.1 Å². The normalized spacial score (nSPS) is 13.4. The number of methoxy groups -OCH3 is 2. The van der Waals surface area contributed by atoms with Gasteiger partial charge in [-0.1, -0.05) is 0 Å². The number of nitriles is 1. The summed E-state index contributed by atoms with van der Waals surface area (Å²) < 4.78 is 109. The maximum Gasteiger partial charge on any atom is 0.336 e. The molecule has 606 valence electrons. The number of aliphatic hydroxyl groups excluding tert-OH is 3. The summed E-state index contributed by atoms with van der Waals surface area (Å²) in [7, 11) is 1.75. The number of phenols is 1. The number of aromatic hydroxyl groups is 1. The molecule has 0 saturated carbocycles. The van der Waals surface area contributed by atoms with Crippen LogP contribution in [0.15, 0.2) is 198 Å². The highest BCUT2D eigenvalue weighted by Gasteiger charge is 2.31. The van der Waals surface area contributed by atoms with Crippen LogP contribution in [0.3, 0.4) is 0 Å². The third-order valence-electron chi connectivity index (χ3n) is 15.2. The van der Waals surface area contributed by atoms with Gasteiger partial charge < -0.3 is 113 Å². The van der Waals surface area contributed by atoms with Gasteiger partial charge in [0, 0.05) is 114 Å². The molecule has 1 aliphatic rings. The lowest BCUT2D eigenvalue weighted by Crippen LogP contribution is -2.36. The first kappa shape index (κ1) is 89.7. The molecular weight excluding hydrogens is 1480 g/mol. The molecule has 10 aromatic rings. The minimum Gasteiger partial charge on any atom is -0.508 e. The van der Waals surface area contributed by atoms with Crippen molar-refractivity contribution in [3.05, 3.63) is 204 Å². The van der Waals surface area contributed by atoms with Crippen LogP contribution in [0.4, 0.5) is 0 Å². The largest absolute Gasteiger partial charge is 0.508 e. The Labute approximate surface area is 645 Å². The fourth-order valence-electron chi connectivity index (χ4n) is 9.79. The zero-order valence-corrected chi connectivity index (χ0v) is 64.2. The summed E-state index contributed by atoms with van der Waals surface area (Å²) in [6.45, 7) is 15.4. The SMILES string of the molecule is COCCOCCOCC(COc1ccc2ccc(=O)oc2c1)OP(OCCC#N)N(C(C)C)C(C)C.COCCOCCOCC(O)COc1ccc2ccc(=O)oc2c1.O=c1ccc2ccc(O)cc2o1.O=c1ccc2ccc(OCC(O)COCCOCCO)cc2o1.O=c1ccc2ccc(OCC3CO3)cc2o1. The Kier molecular flexibility index (Phi) is 40.4. The fraction of sp³-hybridized carbons (Fsp3) is 0.425. The maximum atomic E-state index is 11.6. The average Bonchev–Trinajstić information content (AvgIpc) is 1.54. The molecule has 5 aromatic heterocycles. The number of hydrogen-bond acceptors (Lipinski definition) is 31. The predicted octanol–water partition coefficient (Wildman–Crippen LogP) is 9.35. The van der Waals surface area contributed by atoms with E-state index in [9.17, 15) is 34.2 Å². The maximum absolute atomic E-state index is 11.6. The van der Waals surface area contributed by atoms with E-state index in [0.29, 0.717) is 124 Å². The fourth-order valence-corrected chi connectivity index (χ4v) is 11.5. The Hall–Kier alpha value is -9.53. The lowest BCUT2D eigenvalue weighted by molar-refractivity contribution is -0.0169. The molecule has 112 heavy (non-hydrogen) atoms. The molecule has 11 rings (SSSR count). The lowest BCUT2D eigenvalue weighted by Gasteiger charge is -2.37. The van der Waals surface area contributed by atoms with Crippen LogP contribution in [0.1, 0.15) is 34.1 Å². The predicted molar refractivity (Wildman–Crippen MR) is 414 cm³/mol. The number of rotatable bonds is 43. The molecule has 6 heterocycles. The van der Waals surface area contributed by atoms with Gasteiger partial charge in [0.2, 0.25) is 0 Å². The summed E-state index contributed by atoms with van der Waals surface area (Å²) in [5, 5.41) is 50.2. The monoisotopic (exact) mass is 1580 g/mol. The summed E-state index contributed by atoms with van der Waals surface area (Å²) in [4.78, 5) is 55.8. The molecule has 0 amide bonds. The lowest BCUT2D eigenvalue weighted by atomic mass is 10.2. The van der Waals surface area contributed by atoms with Crippen molar-refractivity contribution in [2.24, 2.45) is 0 Å². The number of fused-ring (bicyclic) bond motifs is 5. The molecule has 5 unspecified atom stereocenters. The highest BCUT2D eigenvalue weighted by atomic mass is 31.2. The third-order valence-corrected chi connectivity index (χ3v) is 17.4. The molecule has 5 atom stereocenters. The second kappa shape index (κ2) is 50.5. The first-order chi connectivity index (χ1) is 54.3. The Morgan fingerprint density at radius 1 is 0.438 bits per heavy atom. The molecule has 0 radical (unpaired) electrons. The quantitative estimate of drug-likeness (QED) is 0.0120. The standard InChI is InChI=1S/C26H39N2O8P.C17H22O7.C16H20O7.C12H10O4.C9H6O3/c1-20(2)28(21(3)4)37(34-12-6-11-27)36-24(18-32-16-15-31-14-13-30-5)19-33-23-9-7-22-8-10-26(29)35-25(22)17-23;1-20-6-7-21-8-9-22-11-14(18)12-23-15-4-2-13-3-5-17(19)24-16(13)10-15;17-5-6-20-7-8-21-10-13(18)11-22-14-3-1-12-2-4-16(19)23-15(12)9-14;13-12-4-2-8-1-3-9(5-11(8)16-12)14-6-10-7-15-10;10-7-3-1-6-2-4-9(11)12-8(6)5-7/h7-10,17,20-21,24H,6,12-16,18-19H2,1-5H3;2-5,10,14,18H,6-9,11-12H2,1H3;1-4,9,13,17-18H,5-8,10-11H2;1-5,10H,6-7H2;1-5,10H. The van der Waals surface area contributed by atoms with E-state index < -0.39 is 49.3 Å². The minimum atomic E-state index is -1.48. The number of aliphatic hydroxyl groups is 3. The van der Waals surface area contributed by atoms with Crippen LogP contribution in [-0.2, 0) is 51.7 Å². The molecular formula is C80H97N2O29P. The van der Waals surface area contributed by atoms with Gasteiger partial charge in [-0.05, 0) is 119 Å². The topological polar surface area (TPSA) is 401 Å². The minimum absolute atomic E-state index is 0.0255. The second-order valence-electron chi connectivity index (χ2n) is 24.8. The van der Waals surface area contributed by atoms with Crippen molar-refractivity contribution in [3.63, 3.8) is 0 Å². The van der Waals surface area contributed by atoms with E-state index in [1.807, 2.05) is 24.3 Å². The molecule has 31 nitrogen and oxygen atoms in total. The van der Waals surface area contributed by atoms with Gasteiger partial charge in [0.05, 0.1) is 125 Å². The van der Waals surface area contributed by atoms with E-state index >= 15 is 0 Å². The van der Waals surface area contributed by atoms with Crippen LogP contribution in [-0.4, -0.2) is 215 Å². The Balaban J connectivity index is 0.000000203. The van der Waals surface area contributed by atoms with Gasteiger partial charge in [-0.25, -0.2) is 28.6 Å². The van der Waals surface area contributed by atoms with Crippen molar-refractivity contribution in [3.8, 4) is 34.8 Å². The van der Waals surface area contributed by atoms with E-state index in [0.717, 1.165) is 33.5 Å². The van der Waals surface area contributed by atoms with Crippen molar-refractivity contribution in [2.75, 3.05) is 153 Å². The van der Waals surface area contributed by atoms with E-state index in [1.165, 1.54) is 36.4 Å². The van der Waals surface area contributed by atoms with Gasteiger partial charge >= 0.3 is 28.1 Å². The molecule has 1 fully saturated rings. The number of epoxide rings is 1. The molecule has 1 aliphatic heterocycles. The van der Waals surface area contributed by atoms with Gasteiger partial charge in [0.15, 0.2) is 0 Å². The van der Waals surface area contributed by atoms with E-state index in [2.05, 4.69) is 38.4 Å². The number of phenolic OH excluding ortho intramolecular Hbond substituents is 1. The number of nitrogens with zero attached hydrogens (tertiary/aromatic N) is 2. The zero-order valence-electron chi connectivity index (χ0n) is 63.3. The van der Waals surface area contributed by atoms with Crippen LogP contribution in [0.25, 0.3) is 54.8 Å². The van der Waals surface area contributed by atoms with Gasteiger partial charge in [-0.2, -0.15) is 5.26 Å². The van der Waals surface area contributed by atoms with Crippen molar-refractivity contribution in [1.82, 2.24) is 4.67 Å². The van der Waals surface area contributed by atoms with Crippen LogP contribution in [0, 0.1) is 11.3 Å². The Morgan fingerprint density at radius 3 is 1.15 bits per heavy atom. The molecule has 32 heteroatoms. The van der Waals surface area contributed by atoms with E-state index in [1.54, 1.807) is 105 Å². The molecule has 0 aliphatic carbocycles. The summed E-state index contributed by atoms with van der Waals surface area (Å²) in [5.74, 6) is 2.34. The summed E-state index contributed by atoms with van der Waals surface area (Å²) in [6, 6.07) is 43.4. The van der Waals surface area contributed by atoms with E-state index in [4.69, 9.17) is 108 Å². The van der Waals surface area contributed by atoms with Crippen molar-refractivity contribution in [1.29, 1.82) is 5.26 Å². The first-order valence-corrected chi connectivity index (χ1v) is 37.1. The van der Waals surface area contributed by atoms with Gasteiger partial charge in [-0.15, -0.1) is 0 Å². The molecule has 1 saturated heterocycles. The molecule has 0 bridgehead atoms. The van der Waals surface area contributed by atoms with Crippen LogP contribution >= 0.6 is 8.53 Å². The molecule has 4 N–H and O–H groups in total. The van der Waals surface area contributed by atoms with Crippen molar-refractivity contribution >= 4 is 63.4 Å². The van der Waals surface area contributed by atoms with Crippen molar-refractivity contribution in [2.45, 2.75) is 70.6 Å². The second-order valence-corrected chi connectivity index (χ2v) is 26.3. The zero-order chi connectivity index (χ0) is 80.2. The summed E-state index contributed by atoms with van der Waals surface area (Å²) >= 11 is 0. The van der Waals surface area contributed by atoms with Crippen LogP contribution in [0.2, 0.25) is 0 Å². The third kappa shape index (κ3) is 34.2. The van der Waals surface area contributed by atoms with Gasteiger partial charge in [-0.3, -0.25) is 0 Å². The number of benzene rings is 5. The highest BCUT2D eigenvalue weighted by molar-refractivity contribution is 7.44. The highest BCUT2D eigenvalue weighted by Crippen LogP contribution is 2.47. The average molecular weight is 1580 g/mol. The Morgan fingerprint density at radius 2 is 0.777 bits per heavy atom. The smallest absolute Gasteiger partial charge is 0.336 e. The molecule has 0 spiro atoms. The number of ether oxygens (including phenoxy) is 13. The number of hydrogen-bond donors (Lipinski definition) is 4. The van der Waals surface area contributed by atoms with Crippen molar-refractivity contribution < 1.29 is 113 Å².